The molecule has 0 aliphatic heterocycles. The molecule has 0 saturated carbocycles. The molecule has 0 spiro atoms. The summed E-state index contributed by atoms with van der Waals surface area (Å²) >= 11 is 4.84. The third kappa shape index (κ3) is 5.14. The molecule has 1 N–H and O–H groups in total. The van der Waals surface area contributed by atoms with Crippen LogP contribution >= 0.6 is 27.3 Å². The molecule has 0 fully saturated rings. The van der Waals surface area contributed by atoms with E-state index in [0.29, 0.717) is 17.2 Å². The summed E-state index contributed by atoms with van der Waals surface area (Å²) in [6, 6.07) is 12.0. The van der Waals surface area contributed by atoms with E-state index in [0.717, 1.165) is 33.8 Å². The van der Waals surface area contributed by atoms with Gasteiger partial charge in [-0.25, -0.2) is 9.97 Å². The molecule has 2 aromatic heterocycles. The van der Waals surface area contributed by atoms with Crippen LogP contribution in [0.1, 0.15) is 29.1 Å². The van der Waals surface area contributed by atoms with Crippen molar-refractivity contribution in [2.75, 3.05) is 18.5 Å². The van der Waals surface area contributed by atoms with Crippen molar-refractivity contribution in [2.24, 2.45) is 0 Å². The van der Waals surface area contributed by atoms with Crippen molar-refractivity contribution in [3.8, 4) is 16.3 Å². The molecule has 0 aliphatic rings. The van der Waals surface area contributed by atoms with Gasteiger partial charge in [0, 0.05) is 30.1 Å². The van der Waals surface area contributed by atoms with Gasteiger partial charge in [-0.3, -0.25) is 4.79 Å². The Morgan fingerprint density at radius 2 is 2.00 bits per heavy atom. The number of ether oxygens (including phenoxy) is 1. The zero-order valence-corrected chi connectivity index (χ0v) is 17.6. The maximum Gasteiger partial charge on any atom is 0.173 e. The van der Waals surface area contributed by atoms with Crippen LogP contribution in [-0.2, 0) is 6.42 Å². The summed E-state index contributed by atoms with van der Waals surface area (Å²) in [5.41, 5.74) is 2.03. The minimum absolute atomic E-state index is 0.00315. The van der Waals surface area contributed by atoms with E-state index in [1.165, 1.54) is 23.2 Å². The molecule has 3 aromatic rings. The van der Waals surface area contributed by atoms with Crippen LogP contribution < -0.4 is 10.1 Å². The number of Topliss-reactive ketones (excluding diaryl/α,β-unsaturated/α-hetero) is 1. The fourth-order valence-electron chi connectivity index (χ4n) is 2.58. The molecule has 0 atom stereocenters. The highest BCUT2D eigenvalue weighted by Gasteiger charge is 2.16. The van der Waals surface area contributed by atoms with Crippen molar-refractivity contribution in [1.82, 2.24) is 9.97 Å². The van der Waals surface area contributed by atoms with E-state index in [-0.39, 0.29) is 5.78 Å². The maximum atomic E-state index is 11.8. The van der Waals surface area contributed by atoms with Gasteiger partial charge in [-0.05, 0) is 31.0 Å². The molecule has 0 bridgehead atoms. The predicted octanol–water partition coefficient (Wildman–Crippen LogP) is 5.22. The van der Waals surface area contributed by atoms with Gasteiger partial charge in [-0.1, -0.05) is 28.1 Å². The average molecular weight is 446 g/mol. The lowest BCUT2D eigenvalue weighted by molar-refractivity contribution is 0.101. The molecule has 0 aliphatic carbocycles. The Morgan fingerprint density at radius 3 is 2.70 bits per heavy atom. The van der Waals surface area contributed by atoms with Crippen LogP contribution in [0, 0.1) is 0 Å². The van der Waals surface area contributed by atoms with E-state index >= 15 is 0 Å². The Bertz CT molecular complexity index is 925. The van der Waals surface area contributed by atoms with Crippen molar-refractivity contribution < 1.29 is 9.53 Å². The minimum atomic E-state index is -0.00315. The lowest BCUT2D eigenvalue weighted by Crippen LogP contribution is -2.06. The molecular weight excluding hydrogens is 426 g/mol. The normalized spacial score (nSPS) is 10.6. The van der Waals surface area contributed by atoms with Gasteiger partial charge in [0.05, 0.1) is 17.2 Å². The van der Waals surface area contributed by atoms with Crippen molar-refractivity contribution in [2.45, 2.75) is 20.3 Å². The summed E-state index contributed by atoms with van der Waals surface area (Å²) in [4.78, 5) is 22.0. The number of rotatable bonds is 8. The third-order valence-corrected chi connectivity index (χ3v) is 5.64. The fourth-order valence-corrected chi connectivity index (χ4v) is 3.81. The molecular formula is C20H20BrN3O2S. The smallest absolute Gasteiger partial charge is 0.173 e. The molecule has 0 radical (unpaired) electrons. The highest BCUT2D eigenvalue weighted by Crippen LogP contribution is 2.36. The Morgan fingerprint density at radius 1 is 1.22 bits per heavy atom. The van der Waals surface area contributed by atoms with Gasteiger partial charge in [0.25, 0.3) is 0 Å². The van der Waals surface area contributed by atoms with Crippen LogP contribution in [0.15, 0.2) is 47.2 Å². The molecule has 1 aromatic carbocycles. The fraction of sp³-hybridized carbons (Fsp3) is 0.250. The summed E-state index contributed by atoms with van der Waals surface area (Å²) in [7, 11) is 0. The molecule has 7 heteroatoms. The van der Waals surface area contributed by atoms with E-state index in [9.17, 15) is 4.79 Å². The van der Waals surface area contributed by atoms with E-state index in [1.807, 2.05) is 31.2 Å². The molecule has 5 nitrogen and oxygen atoms in total. The third-order valence-electron chi connectivity index (χ3n) is 3.87. The Balaban J connectivity index is 1.70. The molecule has 2 heterocycles. The quantitative estimate of drug-likeness (QED) is 0.481. The molecule has 3 rings (SSSR count). The van der Waals surface area contributed by atoms with Gasteiger partial charge in [0.2, 0.25) is 0 Å². The standard InChI is InChI=1S/C20H20BrN3O2S/c1-3-26-17-11-18(27-20(17)13(2)25)16-10-19(24-12-23-16)22-9-8-14-4-6-15(21)7-5-14/h4-7,10-12H,3,8-9H2,1-2H3,(H,22,23,24). The number of thiophene rings is 1. The summed E-state index contributed by atoms with van der Waals surface area (Å²) in [6.07, 6.45) is 2.43. The monoisotopic (exact) mass is 445 g/mol. The Kier molecular flexibility index (Phi) is 6.58. The lowest BCUT2D eigenvalue weighted by Gasteiger charge is -2.06. The van der Waals surface area contributed by atoms with E-state index in [1.54, 1.807) is 6.92 Å². The van der Waals surface area contributed by atoms with Crippen LogP contribution in [0.3, 0.4) is 0 Å². The van der Waals surface area contributed by atoms with Gasteiger partial charge >= 0.3 is 0 Å². The first-order valence-corrected chi connectivity index (χ1v) is 10.3. The zero-order chi connectivity index (χ0) is 19.2. The average Bonchev–Trinajstić information content (AvgIpc) is 3.08. The van der Waals surface area contributed by atoms with Gasteiger partial charge in [0.15, 0.2) is 5.78 Å². The minimum Gasteiger partial charge on any atom is -0.492 e. The van der Waals surface area contributed by atoms with E-state index < -0.39 is 0 Å². The van der Waals surface area contributed by atoms with Crippen LogP contribution in [0.2, 0.25) is 0 Å². The first kappa shape index (κ1) is 19.5. The maximum absolute atomic E-state index is 11.8. The van der Waals surface area contributed by atoms with Crippen LogP contribution in [0.25, 0.3) is 10.6 Å². The first-order chi connectivity index (χ1) is 13.1. The van der Waals surface area contributed by atoms with Gasteiger partial charge in [0.1, 0.15) is 22.8 Å². The predicted molar refractivity (Wildman–Crippen MR) is 113 cm³/mol. The van der Waals surface area contributed by atoms with Gasteiger partial charge < -0.3 is 10.1 Å². The summed E-state index contributed by atoms with van der Waals surface area (Å²) in [6.45, 7) is 4.74. The second kappa shape index (κ2) is 9.10. The largest absolute Gasteiger partial charge is 0.492 e. The molecule has 140 valence electrons. The number of hydrogen-bond donors (Lipinski definition) is 1. The number of carbonyl (C=O) groups excluding carboxylic acids is 1. The number of anilines is 1. The number of halogens is 1. The SMILES string of the molecule is CCOc1cc(-c2cc(NCCc3ccc(Br)cc3)ncn2)sc1C(C)=O. The summed E-state index contributed by atoms with van der Waals surface area (Å²) in [5.74, 6) is 1.37. The van der Waals surface area contributed by atoms with Crippen molar-refractivity contribution in [1.29, 1.82) is 0 Å². The van der Waals surface area contributed by atoms with E-state index in [4.69, 9.17) is 4.74 Å². The van der Waals surface area contributed by atoms with Gasteiger partial charge in [-0.15, -0.1) is 11.3 Å². The topological polar surface area (TPSA) is 64.1 Å². The van der Waals surface area contributed by atoms with Gasteiger partial charge in [-0.2, -0.15) is 0 Å². The summed E-state index contributed by atoms with van der Waals surface area (Å²) in [5, 5.41) is 3.33. The number of nitrogens with zero attached hydrogens (tertiary/aromatic N) is 2. The molecule has 0 unspecified atom stereocenters. The first-order valence-electron chi connectivity index (χ1n) is 8.65. The molecule has 0 saturated heterocycles. The number of hydrogen-bond acceptors (Lipinski definition) is 6. The van der Waals surface area contributed by atoms with Crippen molar-refractivity contribution in [3.63, 3.8) is 0 Å². The molecule has 27 heavy (non-hydrogen) atoms. The Hall–Kier alpha value is -2.25. The number of nitrogens with one attached hydrogen (secondary N) is 1. The second-order valence-electron chi connectivity index (χ2n) is 5.88. The summed E-state index contributed by atoms with van der Waals surface area (Å²) < 4.78 is 6.66. The van der Waals surface area contributed by atoms with Crippen LogP contribution in [0.4, 0.5) is 5.82 Å². The number of benzene rings is 1. The highest BCUT2D eigenvalue weighted by molar-refractivity contribution is 9.10. The van der Waals surface area contributed by atoms with Crippen molar-refractivity contribution >= 4 is 38.9 Å². The number of ketones is 1. The number of aromatic nitrogens is 2. The van der Waals surface area contributed by atoms with Crippen LogP contribution in [0.5, 0.6) is 5.75 Å². The lowest BCUT2D eigenvalue weighted by atomic mass is 10.1. The van der Waals surface area contributed by atoms with E-state index in [2.05, 4.69) is 43.3 Å². The molecule has 0 amide bonds. The number of carbonyl (C=O) groups is 1. The van der Waals surface area contributed by atoms with Crippen LogP contribution in [-0.4, -0.2) is 28.9 Å². The highest BCUT2D eigenvalue weighted by atomic mass is 79.9. The van der Waals surface area contributed by atoms with Crippen molar-refractivity contribution in [3.05, 3.63) is 57.6 Å². The zero-order valence-electron chi connectivity index (χ0n) is 15.2. The Labute approximate surface area is 171 Å². The second-order valence-corrected chi connectivity index (χ2v) is 7.85.